The van der Waals surface area contributed by atoms with Crippen LogP contribution in [0.3, 0.4) is 0 Å². The number of nitrogens with zero attached hydrogens (tertiary/aromatic N) is 3. The molecule has 9 heteroatoms. The molecule has 3 rings (SSSR count). The van der Waals surface area contributed by atoms with Gasteiger partial charge >= 0.3 is 0 Å². The van der Waals surface area contributed by atoms with Crippen molar-refractivity contribution in [3.05, 3.63) is 40.7 Å². The summed E-state index contributed by atoms with van der Waals surface area (Å²) in [7, 11) is -3.59. The van der Waals surface area contributed by atoms with Gasteiger partial charge in [-0.25, -0.2) is 8.42 Å². The standard InChI is InChI=1S/C18H24ClN3O4S/c1-14-18(15(2)26-20-14)27(23,24)22-9-3-8-21(10-11-22)12-13-25-17-6-4-16(19)5-7-17/h4-7H,3,8-13H2,1-2H3. The van der Waals surface area contributed by atoms with Gasteiger partial charge in [-0.1, -0.05) is 16.8 Å². The first-order valence-electron chi connectivity index (χ1n) is 8.91. The van der Waals surface area contributed by atoms with Crippen LogP contribution in [-0.2, 0) is 10.0 Å². The predicted octanol–water partition coefficient (Wildman–Crippen LogP) is 2.72. The number of aryl methyl sites for hydroxylation is 2. The third-order valence-corrected chi connectivity index (χ3v) is 7.00. The summed E-state index contributed by atoms with van der Waals surface area (Å²) in [6.45, 7) is 6.98. The maximum atomic E-state index is 12.9. The van der Waals surface area contributed by atoms with Gasteiger partial charge in [0.2, 0.25) is 10.0 Å². The molecule has 0 spiro atoms. The maximum Gasteiger partial charge on any atom is 0.248 e. The fraction of sp³-hybridized carbons (Fsp3) is 0.500. The Kier molecular flexibility index (Phi) is 6.41. The predicted molar refractivity (Wildman–Crippen MR) is 103 cm³/mol. The number of rotatable bonds is 6. The third kappa shape index (κ3) is 4.82. The van der Waals surface area contributed by atoms with Crippen LogP contribution < -0.4 is 4.74 Å². The van der Waals surface area contributed by atoms with Gasteiger partial charge in [-0.2, -0.15) is 4.31 Å². The summed E-state index contributed by atoms with van der Waals surface area (Å²) in [5.41, 5.74) is 0.407. The van der Waals surface area contributed by atoms with Crippen molar-refractivity contribution in [2.24, 2.45) is 0 Å². The first-order valence-corrected chi connectivity index (χ1v) is 10.7. The zero-order valence-corrected chi connectivity index (χ0v) is 17.1. The molecule has 0 saturated carbocycles. The minimum Gasteiger partial charge on any atom is -0.492 e. The molecule has 0 unspecified atom stereocenters. The van der Waals surface area contributed by atoms with Crippen LogP contribution in [0.1, 0.15) is 17.9 Å². The SMILES string of the molecule is Cc1noc(C)c1S(=O)(=O)N1CCCN(CCOc2ccc(Cl)cc2)CC1. The van der Waals surface area contributed by atoms with Gasteiger partial charge in [0.1, 0.15) is 22.9 Å². The third-order valence-electron chi connectivity index (χ3n) is 4.60. The van der Waals surface area contributed by atoms with E-state index in [1.54, 1.807) is 26.0 Å². The molecule has 1 aliphatic heterocycles. The summed E-state index contributed by atoms with van der Waals surface area (Å²) in [6.07, 6.45) is 0.767. The molecule has 2 heterocycles. The molecule has 7 nitrogen and oxygen atoms in total. The Morgan fingerprint density at radius 1 is 1.15 bits per heavy atom. The van der Waals surface area contributed by atoms with E-state index in [9.17, 15) is 8.42 Å². The molecule has 0 N–H and O–H groups in total. The van der Waals surface area contributed by atoms with Crippen molar-refractivity contribution >= 4 is 21.6 Å². The second kappa shape index (κ2) is 8.60. The Hall–Kier alpha value is -1.61. The van der Waals surface area contributed by atoms with Gasteiger partial charge in [0.05, 0.1) is 0 Å². The van der Waals surface area contributed by atoms with E-state index in [1.165, 1.54) is 4.31 Å². The topological polar surface area (TPSA) is 75.9 Å². The van der Waals surface area contributed by atoms with Gasteiger partial charge < -0.3 is 9.26 Å². The highest BCUT2D eigenvalue weighted by atomic mass is 35.5. The van der Waals surface area contributed by atoms with Crippen molar-refractivity contribution < 1.29 is 17.7 Å². The lowest BCUT2D eigenvalue weighted by molar-refractivity contribution is 0.215. The fourth-order valence-corrected chi connectivity index (χ4v) is 5.09. The van der Waals surface area contributed by atoms with E-state index in [-0.39, 0.29) is 4.90 Å². The fourth-order valence-electron chi connectivity index (χ4n) is 3.21. The summed E-state index contributed by atoms with van der Waals surface area (Å²) >= 11 is 5.87. The van der Waals surface area contributed by atoms with E-state index >= 15 is 0 Å². The van der Waals surface area contributed by atoms with Crippen molar-refractivity contribution in [2.45, 2.75) is 25.2 Å². The molecule has 0 bridgehead atoms. The van der Waals surface area contributed by atoms with Crippen LogP contribution in [0.15, 0.2) is 33.7 Å². The Morgan fingerprint density at radius 3 is 2.56 bits per heavy atom. The zero-order valence-electron chi connectivity index (χ0n) is 15.5. The number of halogens is 1. The van der Waals surface area contributed by atoms with E-state index in [2.05, 4.69) is 10.1 Å². The van der Waals surface area contributed by atoms with Gasteiger partial charge in [-0.3, -0.25) is 4.90 Å². The summed E-state index contributed by atoms with van der Waals surface area (Å²) in [5.74, 6) is 1.11. The molecule has 27 heavy (non-hydrogen) atoms. The molecule has 1 aromatic heterocycles. The number of aromatic nitrogens is 1. The smallest absolute Gasteiger partial charge is 0.248 e. The number of hydrogen-bond donors (Lipinski definition) is 0. The average molecular weight is 414 g/mol. The summed E-state index contributed by atoms with van der Waals surface area (Å²) < 4.78 is 38.2. The monoisotopic (exact) mass is 413 g/mol. The van der Waals surface area contributed by atoms with Crippen LogP contribution in [0.2, 0.25) is 5.02 Å². The quantitative estimate of drug-likeness (QED) is 0.724. The Morgan fingerprint density at radius 2 is 1.89 bits per heavy atom. The lowest BCUT2D eigenvalue weighted by Gasteiger charge is -2.21. The minimum absolute atomic E-state index is 0.196. The van der Waals surface area contributed by atoms with E-state index in [4.69, 9.17) is 20.9 Å². The highest BCUT2D eigenvalue weighted by Crippen LogP contribution is 2.24. The van der Waals surface area contributed by atoms with Crippen molar-refractivity contribution in [1.29, 1.82) is 0 Å². The molecule has 1 aromatic carbocycles. The number of benzene rings is 1. The highest BCUT2D eigenvalue weighted by Gasteiger charge is 2.32. The zero-order chi connectivity index (χ0) is 19.4. The summed E-state index contributed by atoms with van der Waals surface area (Å²) in [5, 5.41) is 4.45. The summed E-state index contributed by atoms with van der Waals surface area (Å²) in [4.78, 5) is 2.42. The van der Waals surface area contributed by atoms with Crippen molar-refractivity contribution in [3.63, 3.8) is 0 Å². The van der Waals surface area contributed by atoms with Gasteiger partial charge in [-0.05, 0) is 51.1 Å². The molecule has 0 radical (unpaired) electrons. The second-order valence-corrected chi connectivity index (χ2v) is 8.87. The molecule has 0 amide bonds. The molecule has 0 aliphatic carbocycles. The molecule has 1 aliphatic rings. The van der Waals surface area contributed by atoms with Crippen LogP contribution >= 0.6 is 11.6 Å². The first kappa shape index (κ1) is 20.1. The van der Waals surface area contributed by atoms with Crippen LogP contribution in [0, 0.1) is 13.8 Å². The minimum atomic E-state index is -3.59. The second-order valence-electron chi connectivity index (χ2n) is 6.55. The molecule has 1 saturated heterocycles. The molecule has 0 atom stereocenters. The van der Waals surface area contributed by atoms with Crippen molar-refractivity contribution in [1.82, 2.24) is 14.4 Å². The van der Waals surface area contributed by atoms with E-state index in [1.807, 2.05) is 12.1 Å². The van der Waals surface area contributed by atoms with Crippen molar-refractivity contribution in [2.75, 3.05) is 39.3 Å². The van der Waals surface area contributed by atoms with Gasteiger partial charge in [0, 0.05) is 31.2 Å². The Balaban J connectivity index is 1.55. The maximum absolute atomic E-state index is 12.9. The van der Waals surface area contributed by atoms with Gasteiger partial charge in [0.15, 0.2) is 5.76 Å². The van der Waals surface area contributed by atoms with E-state index < -0.39 is 10.0 Å². The number of sulfonamides is 1. The molecule has 148 valence electrons. The highest BCUT2D eigenvalue weighted by molar-refractivity contribution is 7.89. The molecule has 2 aromatic rings. The normalized spacial score (nSPS) is 17.0. The Bertz CT molecular complexity index is 848. The number of hydrogen-bond acceptors (Lipinski definition) is 6. The number of ether oxygens (including phenoxy) is 1. The Labute approximate surface area is 164 Å². The van der Waals surface area contributed by atoms with Gasteiger partial charge in [-0.15, -0.1) is 0 Å². The molecule has 1 fully saturated rings. The van der Waals surface area contributed by atoms with Crippen molar-refractivity contribution in [3.8, 4) is 5.75 Å². The van der Waals surface area contributed by atoms with Crippen LogP contribution in [0.25, 0.3) is 0 Å². The van der Waals surface area contributed by atoms with Gasteiger partial charge in [0.25, 0.3) is 0 Å². The average Bonchev–Trinajstić information content (AvgIpc) is 2.83. The van der Waals surface area contributed by atoms with Crippen LogP contribution in [0.4, 0.5) is 0 Å². The van der Waals surface area contributed by atoms with Crippen LogP contribution in [-0.4, -0.2) is 62.1 Å². The largest absolute Gasteiger partial charge is 0.492 e. The molecular weight excluding hydrogens is 390 g/mol. The molecular formula is C18H24ClN3O4S. The van der Waals surface area contributed by atoms with E-state index in [0.29, 0.717) is 42.7 Å². The van der Waals surface area contributed by atoms with E-state index in [0.717, 1.165) is 25.3 Å². The lowest BCUT2D eigenvalue weighted by atomic mass is 10.3. The lowest BCUT2D eigenvalue weighted by Crippen LogP contribution is -2.36. The summed E-state index contributed by atoms with van der Waals surface area (Å²) in [6, 6.07) is 7.26. The first-order chi connectivity index (χ1) is 12.9. The van der Waals surface area contributed by atoms with Crippen LogP contribution in [0.5, 0.6) is 5.75 Å².